The molecular formula is C14H20ClNO. The first-order valence-corrected chi connectivity index (χ1v) is 6.46. The lowest BCUT2D eigenvalue weighted by Crippen LogP contribution is -2.38. The van der Waals surface area contributed by atoms with Crippen LogP contribution in [0, 0.1) is 0 Å². The van der Waals surface area contributed by atoms with Gasteiger partial charge in [0.1, 0.15) is 0 Å². The lowest BCUT2D eigenvalue weighted by atomic mass is 10.1. The van der Waals surface area contributed by atoms with Gasteiger partial charge in [-0.3, -0.25) is 0 Å². The molecule has 2 rings (SSSR count). The Balaban J connectivity index is 2.03. The number of fused-ring (bicyclic) bond motifs is 1. The summed E-state index contributed by atoms with van der Waals surface area (Å²) in [5.41, 5.74) is 2.65. The molecule has 0 fully saturated rings. The van der Waals surface area contributed by atoms with Gasteiger partial charge in [0, 0.05) is 24.7 Å². The fraction of sp³-hybridized carbons (Fsp3) is 0.571. The third kappa shape index (κ3) is 3.01. The van der Waals surface area contributed by atoms with Gasteiger partial charge in [0.15, 0.2) is 0 Å². The first-order chi connectivity index (χ1) is 8.02. The van der Waals surface area contributed by atoms with Gasteiger partial charge in [0.25, 0.3) is 0 Å². The minimum atomic E-state index is -0.116. The van der Waals surface area contributed by atoms with Crippen molar-refractivity contribution in [2.24, 2.45) is 0 Å². The maximum atomic E-state index is 6.00. The molecule has 0 bridgehead atoms. The standard InChI is InChI=1S/C14H20ClNO/c1-14(2,17-3)9-16-13-7-4-10-8-11(15)5-6-12(10)13/h5-6,8,13,16H,4,7,9H2,1-3H3. The van der Waals surface area contributed by atoms with Gasteiger partial charge in [0.05, 0.1) is 5.60 Å². The van der Waals surface area contributed by atoms with Crippen molar-refractivity contribution in [1.82, 2.24) is 5.32 Å². The Morgan fingerprint density at radius 1 is 1.47 bits per heavy atom. The Morgan fingerprint density at radius 3 is 2.94 bits per heavy atom. The van der Waals surface area contributed by atoms with E-state index in [9.17, 15) is 0 Å². The van der Waals surface area contributed by atoms with E-state index in [0.717, 1.165) is 24.4 Å². The first kappa shape index (κ1) is 12.9. The highest BCUT2D eigenvalue weighted by Gasteiger charge is 2.25. The fourth-order valence-corrected chi connectivity index (χ4v) is 2.43. The fourth-order valence-electron chi connectivity index (χ4n) is 2.24. The number of methoxy groups -OCH3 is 1. The molecule has 3 heteroatoms. The van der Waals surface area contributed by atoms with Crippen LogP contribution in [0.5, 0.6) is 0 Å². The van der Waals surface area contributed by atoms with Crippen molar-refractivity contribution in [3.8, 4) is 0 Å². The van der Waals surface area contributed by atoms with Gasteiger partial charge in [-0.05, 0) is 49.9 Å². The summed E-state index contributed by atoms with van der Waals surface area (Å²) in [6, 6.07) is 6.64. The van der Waals surface area contributed by atoms with Gasteiger partial charge in [-0.1, -0.05) is 17.7 Å². The minimum Gasteiger partial charge on any atom is -0.377 e. The predicted octanol–water partition coefficient (Wildman–Crippen LogP) is 3.34. The Morgan fingerprint density at radius 2 is 2.24 bits per heavy atom. The molecule has 1 aromatic carbocycles. The van der Waals surface area contributed by atoms with E-state index in [1.54, 1.807) is 7.11 Å². The van der Waals surface area contributed by atoms with Crippen LogP contribution in [-0.2, 0) is 11.2 Å². The van der Waals surface area contributed by atoms with Crippen LogP contribution < -0.4 is 5.32 Å². The van der Waals surface area contributed by atoms with Crippen molar-refractivity contribution >= 4 is 11.6 Å². The molecule has 0 spiro atoms. The van der Waals surface area contributed by atoms with Gasteiger partial charge in [0.2, 0.25) is 0 Å². The zero-order valence-electron chi connectivity index (χ0n) is 10.7. The molecule has 1 unspecified atom stereocenters. The minimum absolute atomic E-state index is 0.116. The second-order valence-corrected chi connectivity index (χ2v) is 5.72. The Hall–Kier alpha value is -0.570. The van der Waals surface area contributed by atoms with E-state index in [4.69, 9.17) is 16.3 Å². The first-order valence-electron chi connectivity index (χ1n) is 6.09. The van der Waals surface area contributed by atoms with Crippen LogP contribution in [0.25, 0.3) is 0 Å². The molecule has 2 nitrogen and oxygen atoms in total. The number of ether oxygens (including phenoxy) is 1. The molecule has 0 heterocycles. The summed E-state index contributed by atoms with van der Waals surface area (Å²) in [7, 11) is 1.75. The van der Waals surface area contributed by atoms with Crippen LogP contribution in [0.1, 0.15) is 37.4 Å². The molecule has 1 aromatic rings. The summed E-state index contributed by atoms with van der Waals surface area (Å²) in [6.45, 7) is 5.05. The van der Waals surface area contributed by atoms with Crippen LogP contribution in [0.3, 0.4) is 0 Å². The summed E-state index contributed by atoms with van der Waals surface area (Å²) >= 11 is 6.00. The summed E-state index contributed by atoms with van der Waals surface area (Å²) in [4.78, 5) is 0. The molecule has 1 N–H and O–H groups in total. The van der Waals surface area contributed by atoms with Crippen molar-refractivity contribution in [1.29, 1.82) is 0 Å². The van der Waals surface area contributed by atoms with Crippen molar-refractivity contribution in [3.63, 3.8) is 0 Å². The van der Waals surface area contributed by atoms with Crippen LogP contribution in [0.15, 0.2) is 18.2 Å². The molecule has 0 saturated carbocycles. The zero-order valence-corrected chi connectivity index (χ0v) is 11.5. The van der Waals surface area contributed by atoms with Gasteiger partial charge >= 0.3 is 0 Å². The monoisotopic (exact) mass is 253 g/mol. The molecule has 94 valence electrons. The average molecular weight is 254 g/mol. The summed E-state index contributed by atoms with van der Waals surface area (Å²) < 4.78 is 5.42. The number of aryl methyl sites for hydroxylation is 1. The van der Waals surface area contributed by atoms with E-state index in [-0.39, 0.29) is 5.60 Å². The second kappa shape index (κ2) is 4.97. The lowest BCUT2D eigenvalue weighted by Gasteiger charge is -2.26. The van der Waals surface area contributed by atoms with Gasteiger partial charge in [-0.2, -0.15) is 0 Å². The normalized spacial score (nSPS) is 19.4. The third-order valence-electron chi connectivity index (χ3n) is 3.51. The topological polar surface area (TPSA) is 21.3 Å². The van der Waals surface area contributed by atoms with Gasteiger partial charge < -0.3 is 10.1 Å². The molecular weight excluding hydrogens is 234 g/mol. The molecule has 0 radical (unpaired) electrons. The molecule has 0 aromatic heterocycles. The highest BCUT2D eigenvalue weighted by Crippen LogP contribution is 2.33. The number of benzene rings is 1. The summed E-state index contributed by atoms with van der Waals surface area (Å²) in [5.74, 6) is 0. The zero-order chi connectivity index (χ0) is 12.5. The van der Waals surface area contributed by atoms with E-state index < -0.39 is 0 Å². The number of hydrogen-bond acceptors (Lipinski definition) is 2. The molecule has 1 atom stereocenters. The number of rotatable bonds is 4. The third-order valence-corrected chi connectivity index (χ3v) is 3.74. The number of hydrogen-bond donors (Lipinski definition) is 1. The highest BCUT2D eigenvalue weighted by atomic mass is 35.5. The van der Waals surface area contributed by atoms with E-state index in [1.807, 2.05) is 6.07 Å². The second-order valence-electron chi connectivity index (χ2n) is 5.28. The SMILES string of the molecule is COC(C)(C)CNC1CCc2cc(Cl)ccc21. The van der Waals surface area contributed by atoms with E-state index >= 15 is 0 Å². The summed E-state index contributed by atoms with van der Waals surface area (Å²) in [6.07, 6.45) is 2.26. The van der Waals surface area contributed by atoms with Crippen molar-refractivity contribution in [2.45, 2.75) is 38.3 Å². The summed E-state index contributed by atoms with van der Waals surface area (Å²) in [5, 5.41) is 4.42. The molecule has 0 aliphatic heterocycles. The smallest absolute Gasteiger partial charge is 0.0746 e. The van der Waals surface area contributed by atoms with Crippen LogP contribution in [0.4, 0.5) is 0 Å². The molecule has 1 aliphatic rings. The Kier molecular flexibility index (Phi) is 3.76. The van der Waals surface area contributed by atoms with E-state index in [1.165, 1.54) is 11.1 Å². The van der Waals surface area contributed by atoms with Crippen molar-refractivity contribution < 1.29 is 4.74 Å². The lowest BCUT2D eigenvalue weighted by molar-refractivity contribution is 0.0210. The van der Waals surface area contributed by atoms with Gasteiger partial charge in [-0.25, -0.2) is 0 Å². The number of halogens is 1. The van der Waals surface area contributed by atoms with Crippen molar-refractivity contribution in [3.05, 3.63) is 34.3 Å². The quantitative estimate of drug-likeness (QED) is 0.889. The van der Waals surface area contributed by atoms with E-state index in [0.29, 0.717) is 6.04 Å². The van der Waals surface area contributed by atoms with Crippen molar-refractivity contribution in [2.75, 3.05) is 13.7 Å². The molecule has 1 aliphatic carbocycles. The van der Waals surface area contributed by atoms with Gasteiger partial charge in [-0.15, -0.1) is 0 Å². The Bertz CT molecular complexity index is 403. The number of nitrogens with one attached hydrogen (secondary N) is 1. The van der Waals surface area contributed by atoms with E-state index in [2.05, 4.69) is 31.3 Å². The average Bonchev–Trinajstić information content (AvgIpc) is 2.69. The highest BCUT2D eigenvalue weighted by molar-refractivity contribution is 6.30. The molecule has 0 amide bonds. The van der Waals surface area contributed by atoms with Crippen LogP contribution in [-0.4, -0.2) is 19.3 Å². The van der Waals surface area contributed by atoms with Crippen LogP contribution in [0.2, 0.25) is 5.02 Å². The molecule has 17 heavy (non-hydrogen) atoms. The maximum Gasteiger partial charge on any atom is 0.0746 e. The van der Waals surface area contributed by atoms with Crippen LogP contribution >= 0.6 is 11.6 Å². The predicted molar refractivity (Wildman–Crippen MR) is 71.6 cm³/mol. The largest absolute Gasteiger partial charge is 0.377 e. The maximum absolute atomic E-state index is 6.00. The molecule has 0 saturated heterocycles. The Labute approximate surface area is 108 Å².